The van der Waals surface area contributed by atoms with Gasteiger partial charge in [-0.05, 0) is 19.1 Å². The number of anilines is 1. The first-order chi connectivity index (χ1) is 5.75. The average Bonchev–Trinajstić information content (AvgIpc) is 2.05. The van der Waals surface area contributed by atoms with Crippen molar-refractivity contribution in [3.63, 3.8) is 0 Å². The van der Waals surface area contributed by atoms with Crippen molar-refractivity contribution in [2.75, 3.05) is 19.0 Å². The Labute approximate surface area is 73.5 Å². The molecule has 0 aliphatic heterocycles. The van der Waals surface area contributed by atoms with Gasteiger partial charge >= 0.3 is 0 Å². The van der Waals surface area contributed by atoms with Crippen LogP contribution in [0.2, 0.25) is 0 Å². The molecule has 0 saturated heterocycles. The molecule has 0 aliphatic rings. The molecular weight excluding hydrogens is 148 g/mol. The van der Waals surface area contributed by atoms with Gasteiger partial charge in [0, 0.05) is 20.3 Å². The summed E-state index contributed by atoms with van der Waals surface area (Å²) in [5.74, 6) is 0. The van der Waals surface area contributed by atoms with E-state index >= 15 is 0 Å². The summed E-state index contributed by atoms with van der Waals surface area (Å²) in [5.41, 5.74) is 2.17. The number of nitrogens with zero attached hydrogens (tertiary/aromatic N) is 2. The van der Waals surface area contributed by atoms with Crippen LogP contribution in [0.3, 0.4) is 0 Å². The average molecular weight is 162 g/mol. The Balaban J connectivity index is 3.08. The van der Waals surface area contributed by atoms with Crippen LogP contribution in [0.25, 0.3) is 0 Å². The topological polar surface area (TPSA) is 15.6 Å². The van der Waals surface area contributed by atoms with Crippen LogP contribution in [-0.4, -0.2) is 20.3 Å². The Bertz CT molecular complexity index is 277. The molecule has 1 rings (SSSR count). The van der Waals surface area contributed by atoms with E-state index in [0.717, 1.165) is 11.4 Å². The number of hydrogen-bond donors (Lipinski definition) is 0. The Morgan fingerprint density at radius 2 is 1.92 bits per heavy atom. The SMILES string of the molecule is CC=Nc1ccccc1N(C)C. The maximum atomic E-state index is 4.26. The molecule has 64 valence electrons. The van der Waals surface area contributed by atoms with E-state index in [0.29, 0.717) is 0 Å². The van der Waals surface area contributed by atoms with Crippen molar-refractivity contribution < 1.29 is 0 Å². The van der Waals surface area contributed by atoms with E-state index in [2.05, 4.69) is 16.0 Å². The van der Waals surface area contributed by atoms with Gasteiger partial charge in [0.25, 0.3) is 0 Å². The first-order valence-electron chi connectivity index (χ1n) is 4.00. The summed E-state index contributed by atoms with van der Waals surface area (Å²) < 4.78 is 0. The lowest BCUT2D eigenvalue weighted by Crippen LogP contribution is -2.08. The second kappa shape index (κ2) is 3.90. The molecule has 0 atom stereocenters. The van der Waals surface area contributed by atoms with Crippen LogP contribution in [0.15, 0.2) is 29.3 Å². The smallest absolute Gasteiger partial charge is 0.0858 e. The summed E-state index contributed by atoms with van der Waals surface area (Å²) in [7, 11) is 4.04. The van der Waals surface area contributed by atoms with Crippen LogP contribution in [0.4, 0.5) is 11.4 Å². The highest BCUT2D eigenvalue weighted by atomic mass is 15.1. The lowest BCUT2D eigenvalue weighted by atomic mass is 10.2. The molecule has 0 fully saturated rings. The minimum Gasteiger partial charge on any atom is -0.376 e. The number of hydrogen-bond acceptors (Lipinski definition) is 2. The summed E-state index contributed by atoms with van der Waals surface area (Å²) in [6.45, 7) is 1.92. The minimum atomic E-state index is 1.02. The number of rotatable bonds is 2. The molecule has 0 heterocycles. The second-order valence-electron chi connectivity index (χ2n) is 2.77. The first-order valence-corrected chi connectivity index (χ1v) is 4.00. The molecule has 2 heteroatoms. The molecule has 0 bridgehead atoms. The van der Waals surface area contributed by atoms with Crippen LogP contribution in [-0.2, 0) is 0 Å². The predicted octanol–water partition coefficient (Wildman–Crippen LogP) is 2.47. The fourth-order valence-electron chi connectivity index (χ4n) is 1.09. The molecule has 0 aromatic heterocycles. The van der Waals surface area contributed by atoms with E-state index in [1.807, 2.05) is 45.4 Å². The van der Waals surface area contributed by atoms with Gasteiger partial charge in [-0.1, -0.05) is 12.1 Å². The third-order valence-electron chi connectivity index (χ3n) is 1.63. The van der Waals surface area contributed by atoms with Crippen molar-refractivity contribution in [3.05, 3.63) is 24.3 Å². The van der Waals surface area contributed by atoms with Gasteiger partial charge in [-0.15, -0.1) is 0 Å². The maximum absolute atomic E-state index is 4.26. The number of para-hydroxylation sites is 2. The monoisotopic (exact) mass is 162 g/mol. The van der Waals surface area contributed by atoms with Crippen LogP contribution in [0.1, 0.15) is 6.92 Å². The Hall–Kier alpha value is -1.31. The summed E-state index contributed by atoms with van der Waals surface area (Å²) in [6.07, 6.45) is 1.81. The Morgan fingerprint density at radius 1 is 1.25 bits per heavy atom. The molecule has 0 radical (unpaired) electrons. The highest BCUT2D eigenvalue weighted by Gasteiger charge is 1.99. The van der Waals surface area contributed by atoms with E-state index in [9.17, 15) is 0 Å². The van der Waals surface area contributed by atoms with E-state index < -0.39 is 0 Å². The summed E-state index contributed by atoms with van der Waals surface area (Å²) >= 11 is 0. The van der Waals surface area contributed by atoms with Gasteiger partial charge < -0.3 is 4.90 Å². The standard InChI is InChI=1S/C10H14N2/c1-4-11-9-7-5-6-8-10(9)12(2)3/h4-8H,1-3H3. The van der Waals surface area contributed by atoms with Gasteiger partial charge in [0.05, 0.1) is 11.4 Å². The molecule has 0 saturated carbocycles. The molecule has 0 aliphatic carbocycles. The van der Waals surface area contributed by atoms with Crippen molar-refractivity contribution >= 4 is 17.6 Å². The van der Waals surface area contributed by atoms with E-state index in [4.69, 9.17) is 0 Å². The minimum absolute atomic E-state index is 1.02. The quantitative estimate of drug-likeness (QED) is 0.610. The van der Waals surface area contributed by atoms with Gasteiger partial charge in [-0.2, -0.15) is 0 Å². The van der Waals surface area contributed by atoms with Crippen LogP contribution in [0.5, 0.6) is 0 Å². The molecule has 0 amide bonds. The lowest BCUT2D eigenvalue weighted by Gasteiger charge is -2.14. The largest absolute Gasteiger partial charge is 0.376 e. The van der Waals surface area contributed by atoms with Crippen molar-refractivity contribution in [1.29, 1.82) is 0 Å². The number of benzene rings is 1. The summed E-state index contributed by atoms with van der Waals surface area (Å²) in [4.78, 5) is 6.32. The van der Waals surface area contributed by atoms with Crippen LogP contribution >= 0.6 is 0 Å². The van der Waals surface area contributed by atoms with Crippen LogP contribution in [0, 0.1) is 0 Å². The van der Waals surface area contributed by atoms with Crippen molar-refractivity contribution in [1.82, 2.24) is 0 Å². The van der Waals surface area contributed by atoms with Gasteiger partial charge in [-0.3, -0.25) is 4.99 Å². The van der Waals surface area contributed by atoms with Crippen molar-refractivity contribution in [2.45, 2.75) is 6.92 Å². The van der Waals surface area contributed by atoms with Crippen molar-refractivity contribution in [3.8, 4) is 0 Å². The zero-order valence-corrected chi connectivity index (χ0v) is 7.78. The Morgan fingerprint density at radius 3 is 2.50 bits per heavy atom. The third-order valence-corrected chi connectivity index (χ3v) is 1.63. The van der Waals surface area contributed by atoms with Gasteiger partial charge in [0.1, 0.15) is 0 Å². The predicted molar refractivity (Wildman–Crippen MR) is 54.6 cm³/mol. The van der Waals surface area contributed by atoms with Crippen LogP contribution < -0.4 is 4.90 Å². The first kappa shape index (κ1) is 8.78. The molecular formula is C10H14N2. The molecule has 12 heavy (non-hydrogen) atoms. The summed E-state index contributed by atoms with van der Waals surface area (Å²) in [6, 6.07) is 8.08. The number of aliphatic imine (C=N–C) groups is 1. The normalized spacial score (nSPS) is 10.6. The zero-order chi connectivity index (χ0) is 8.97. The van der Waals surface area contributed by atoms with Crippen molar-refractivity contribution in [2.24, 2.45) is 4.99 Å². The molecule has 2 nitrogen and oxygen atoms in total. The highest BCUT2D eigenvalue weighted by Crippen LogP contribution is 2.25. The Kier molecular flexibility index (Phi) is 2.86. The third kappa shape index (κ3) is 1.84. The van der Waals surface area contributed by atoms with E-state index in [1.165, 1.54) is 0 Å². The molecule has 1 aromatic rings. The fraction of sp³-hybridized carbons (Fsp3) is 0.300. The van der Waals surface area contributed by atoms with Gasteiger partial charge in [0.2, 0.25) is 0 Å². The van der Waals surface area contributed by atoms with Gasteiger partial charge in [-0.25, -0.2) is 0 Å². The lowest BCUT2D eigenvalue weighted by molar-refractivity contribution is 1.13. The molecule has 0 spiro atoms. The van der Waals surface area contributed by atoms with E-state index in [-0.39, 0.29) is 0 Å². The van der Waals surface area contributed by atoms with E-state index in [1.54, 1.807) is 0 Å². The zero-order valence-electron chi connectivity index (χ0n) is 7.78. The summed E-state index contributed by atoms with van der Waals surface area (Å²) in [5, 5.41) is 0. The van der Waals surface area contributed by atoms with Gasteiger partial charge in [0.15, 0.2) is 0 Å². The molecule has 0 unspecified atom stereocenters. The molecule has 0 N–H and O–H groups in total. The second-order valence-corrected chi connectivity index (χ2v) is 2.77. The fourth-order valence-corrected chi connectivity index (χ4v) is 1.09. The molecule has 1 aromatic carbocycles. The maximum Gasteiger partial charge on any atom is 0.0858 e. The highest BCUT2D eigenvalue weighted by molar-refractivity contribution is 5.71.